The minimum Gasteiger partial charge on any atom is -0.497 e. The molecule has 0 unspecified atom stereocenters. The third-order valence-corrected chi connectivity index (χ3v) is 5.76. The second kappa shape index (κ2) is 11.0. The summed E-state index contributed by atoms with van der Waals surface area (Å²) in [5.74, 6) is -0.440. The molecule has 8 nitrogen and oxygen atoms in total. The first-order chi connectivity index (χ1) is 16.2. The summed E-state index contributed by atoms with van der Waals surface area (Å²) in [5.41, 5.74) is 1.64. The molecule has 0 bridgehead atoms. The van der Waals surface area contributed by atoms with Crippen molar-refractivity contribution in [3.05, 3.63) is 65.2 Å². The van der Waals surface area contributed by atoms with Crippen LogP contribution >= 0.6 is 0 Å². The molecule has 8 heteroatoms. The van der Waals surface area contributed by atoms with Gasteiger partial charge in [-0.3, -0.25) is 24.1 Å². The Balaban J connectivity index is 1.67. The van der Waals surface area contributed by atoms with Crippen LogP contribution in [0, 0.1) is 0 Å². The molecule has 3 rings (SSSR count). The Labute approximate surface area is 199 Å². The van der Waals surface area contributed by atoms with Crippen LogP contribution in [0.2, 0.25) is 0 Å². The molecule has 4 amide bonds. The number of amides is 4. The van der Waals surface area contributed by atoms with Gasteiger partial charge in [-0.15, -0.1) is 0 Å². The zero-order valence-corrected chi connectivity index (χ0v) is 20.0. The number of ether oxygens (including phenoxy) is 1. The third-order valence-electron chi connectivity index (χ3n) is 5.76. The van der Waals surface area contributed by atoms with Crippen LogP contribution in [-0.2, 0) is 16.1 Å². The summed E-state index contributed by atoms with van der Waals surface area (Å²) in [6.45, 7) is 5.82. The van der Waals surface area contributed by atoms with E-state index in [1.807, 2.05) is 26.0 Å². The van der Waals surface area contributed by atoms with Crippen molar-refractivity contribution in [2.24, 2.45) is 0 Å². The normalized spacial score (nSPS) is 13.6. The predicted molar refractivity (Wildman–Crippen MR) is 127 cm³/mol. The highest BCUT2D eigenvalue weighted by Gasteiger charge is 2.35. The highest BCUT2D eigenvalue weighted by Crippen LogP contribution is 2.23. The van der Waals surface area contributed by atoms with E-state index in [0.29, 0.717) is 23.3 Å². The monoisotopic (exact) mass is 465 g/mol. The maximum atomic E-state index is 13.2. The summed E-state index contributed by atoms with van der Waals surface area (Å²) in [4.78, 5) is 53.7. The highest BCUT2D eigenvalue weighted by atomic mass is 16.5. The van der Waals surface area contributed by atoms with E-state index < -0.39 is 6.04 Å². The zero-order chi connectivity index (χ0) is 24.8. The Morgan fingerprint density at radius 1 is 0.971 bits per heavy atom. The molecule has 0 saturated heterocycles. The molecule has 1 N–H and O–H groups in total. The molecular formula is C26H31N3O5. The van der Waals surface area contributed by atoms with E-state index in [1.54, 1.807) is 50.4 Å². The summed E-state index contributed by atoms with van der Waals surface area (Å²) < 4.78 is 5.19. The van der Waals surface area contributed by atoms with Crippen molar-refractivity contribution in [3.63, 3.8) is 0 Å². The van der Waals surface area contributed by atoms with Crippen LogP contribution in [0.3, 0.4) is 0 Å². The minimum atomic E-state index is -0.684. The Hall–Kier alpha value is -3.68. The quantitative estimate of drug-likeness (QED) is 0.544. The molecule has 0 radical (unpaired) electrons. The van der Waals surface area contributed by atoms with Crippen molar-refractivity contribution < 1.29 is 23.9 Å². The fourth-order valence-corrected chi connectivity index (χ4v) is 3.89. The van der Waals surface area contributed by atoms with Crippen LogP contribution in [0.1, 0.15) is 59.9 Å². The lowest BCUT2D eigenvalue weighted by atomic mass is 10.1. The van der Waals surface area contributed by atoms with Gasteiger partial charge in [0.25, 0.3) is 11.8 Å². The lowest BCUT2D eigenvalue weighted by Crippen LogP contribution is -2.49. The van der Waals surface area contributed by atoms with E-state index in [-0.39, 0.29) is 49.2 Å². The smallest absolute Gasteiger partial charge is 0.261 e. The molecule has 0 fully saturated rings. The molecule has 1 atom stereocenters. The maximum absolute atomic E-state index is 13.2. The van der Waals surface area contributed by atoms with Crippen molar-refractivity contribution >= 4 is 23.6 Å². The second-order valence-corrected chi connectivity index (χ2v) is 8.62. The van der Waals surface area contributed by atoms with Crippen molar-refractivity contribution in [2.45, 2.75) is 52.2 Å². The van der Waals surface area contributed by atoms with Crippen molar-refractivity contribution in [1.29, 1.82) is 0 Å². The molecule has 34 heavy (non-hydrogen) atoms. The number of methoxy groups -OCH3 is 1. The van der Waals surface area contributed by atoms with Crippen LogP contribution in [0.5, 0.6) is 5.75 Å². The second-order valence-electron chi connectivity index (χ2n) is 8.62. The molecular weight excluding hydrogens is 434 g/mol. The summed E-state index contributed by atoms with van der Waals surface area (Å²) in [6, 6.07) is 13.3. The zero-order valence-electron chi connectivity index (χ0n) is 20.0. The number of carbonyl (C=O) groups is 4. The highest BCUT2D eigenvalue weighted by molar-refractivity contribution is 6.21. The molecule has 0 aromatic heterocycles. The van der Waals surface area contributed by atoms with E-state index in [2.05, 4.69) is 5.32 Å². The number of fused-ring (bicyclic) bond motifs is 1. The van der Waals surface area contributed by atoms with Gasteiger partial charge in [-0.05, 0) is 57.0 Å². The predicted octanol–water partition coefficient (Wildman–Crippen LogP) is 3.01. The molecule has 2 aromatic carbocycles. The molecule has 1 heterocycles. The minimum absolute atomic E-state index is 0.0540. The van der Waals surface area contributed by atoms with E-state index in [1.165, 1.54) is 9.80 Å². The average molecular weight is 466 g/mol. The van der Waals surface area contributed by atoms with E-state index in [0.717, 1.165) is 5.56 Å². The Morgan fingerprint density at radius 2 is 1.56 bits per heavy atom. The van der Waals surface area contributed by atoms with Crippen molar-refractivity contribution in [3.8, 4) is 5.75 Å². The third kappa shape index (κ3) is 5.62. The van der Waals surface area contributed by atoms with Crippen molar-refractivity contribution in [1.82, 2.24) is 15.1 Å². The fourth-order valence-electron chi connectivity index (χ4n) is 3.89. The van der Waals surface area contributed by atoms with E-state index in [4.69, 9.17) is 4.74 Å². The standard InChI is InChI=1S/C26H31N3O5/c1-17(2)27-24(31)18(3)29(16-19-11-13-20(34-4)14-12-19)23(30)10-7-15-28-25(32)21-8-5-6-9-22(21)26(28)33/h5-6,8-9,11-14,17-18H,7,10,15-16H2,1-4H3,(H,27,31)/t18-/m1/s1. The molecule has 180 valence electrons. The summed E-state index contributed by atoms with van der Waals surface area (Å²) in [7, 11) is 1.58. The first-order valence-corrected chi connectivity index (χ1v) is 11.4. The topological polar surface area (TPSA) is 96.0 Å². The Kier molecular flexibility index (Phi) is 8.04. The maximum Gasteiger partial charge on any atom is 0.261 e. The lowest BCUT2D eigenvalue weighted by Gasteiger charge is -2.29. The number of carbonyl (C=O) groups excluding carboxylic acids is 4. The average Bonchev–Trinajstić information content (AvgIpc) is 3.07. The van der Waals surface area contributed by atoms with Crippen LogP contribution in [0.25, 0.3) is 0 Å². The number of nitrogens with zero attached hydrogens (tertiary/aromatic N) is 2. The van der Waals surface area contributed by atoms with Gasteiger partial charge in [0.2, 0.25) is 11.8 Å². The van der Waals surface area contributed by atoms with E-state index >= 15 is 0 Å². The summed E-state index contributed by atoms with van der Waals surface area (Å²) >= 11 is 0. The van der Waals surface area contributed by atoms with Crippen LogP contribution in [0.4, 0.5) is 0 Å². The number of rotatable bonds is 10. The van der Waals surface area contributed by atoms with Crippen LogP contribution in [-0.4, -0.2) is 59.2 Å². The number of nitrogens with one attached hydrogen (secondary N) is 1. The number of hydrogen-bond acceptors (Lipinski definition) is 5. The fraction of sp³-hybridized carbons (Fsp3) is 0.385. The molecule has 1 aliphatic rings. The summed E-state index contributed by atoms with van der Waals surface area (Å²) in [5, 5.41) is 2.85. The Morgan fingerprint density at radius 3 is 2.09 bits per heavy atom. The number of benzene rings is 2. The van der Waals surface area contributed by atoms with Gasteiger partial charge < -0.3 is 15.0 Å². The van der Waals surface area contributed by atoms with Gasteiger partial charge in [0, 0.05) is 25.6 Å². The Bertz CT molecular complexity index is 1030. The van der Waals surface area contributed by atoms with Gasteiger partial charge in [-0.2, -0.15) is 0 Å². The molecule has 0 saturated carbocycles. The van der Waals surface area contributed by atoms with Crippen LogP contribution < -0.4 is 10.1 Å². The first-order valence-electron chi connectivity index (χ1n) is 11.4. The number of hydrogen-bond donors (Lipinski definition) is 1. The van der Waals surface area contributed by atoms with Gasteiger partial charge in [-0.1, -0.05) is 24.3 Å². The van der Waals surface area contributed by atoms with Gasteiger partial charge in [0.05, 0.1) is 18.2 Å². The first kappa shape index (κ1) is 25.0. The molecule has 2 aromatic rings. The van der Waals surface area contributed by atoms with Gasteiger partial charge in [0.15, 0.2) is 0 Å². The molecule has 1 aliphatic heterocycles. The van der Waals surface area contributed by atoms with Crippen molar-refractivity contribution in [2.75, 3.05) is 13.7 Å². The summed E-state index contributed by atoms with van der Waals surface area (Å²) in [6.07, 6.45) is 0.408. The molecule has 0 spiro atoms. The SMILES string of the molecule is COc1ccc(CN(C(=O)CCCN2C(=O)c3ccccc3C2=O)[C@H](C)C(=O)NC(C)C)cc1. The van der Waals surface area contributed by atoms with E-state index in [9.17, 15) is 19.2 Å². The largest absolute Gasteiger partial charge is 0.497 e. The van der Waals surface area contributed by atoms with Gasteiger partial charge in [0.1, 0.15) is 11.8 Å². The van der Waals surface area contributed by atoms with Crippen LogP contribution in [0.15, 0.2) is 48.5 Å². The number of imide groups is 1. The van der Waals surface area contributed by atoms with Gasteiger partial charge >= 0.3 is 0 Å². The lowest BCUT2D eigenvalue weighted by molar-refractivity contribution is -0.140. The van der Waals surface area contributed by atoms with Gasteiger partial charge in [-0.25, -0.2) is 0 Å². The molecule has 0 aliphatic carbocycles.